The van der Waals surface area contributed by atoms with Crippen LogP contribution < -0.4 is 5.73 Å². The van der Waals surface area contributed by atoms with Gasteiger partial charge in [0.05, 0.1) is 0 Å². The molecule has 0 unspecified atom stereocenters. The van der Waals surface area contributed by atoms with Gasteiger partial charge in [0.1, 0.15) is 27.2 Å². The van der Waals surface area contributed by atoms with Gasteiger partial charge >= 0.3 is 0 Å². The average Bonchev–Trinajstić information content (AvgIpc) is 1.86. The molecule has 0 radical (unpaired) electrons. The third kappa shape index (κ3) is 1.63. The van der Waals surface area contributed by atoms with Crippen LogP contribution in [-0.2, 0) is 10.1 Å². The highest BCUT2D eigenvalue weighted by atomic mass is 32.2. The Morgan fingerprint density at radius 1 is 1.55 bits per heavy atom. The molecule has 2 N–H and O–H groups in total. The normalized spacial score (nSPS) is 11.4. The minimum absolute atomic E-state index is 0.324. The van der Waals surface area contributed by atoms with Gasteiger partial charge in [0, 0.05) is 6.20 Å². The van der Waals surface area contributed by atoms with E-state index in [0.717, 1.165) is 12.5 Å². The number of anilines is 1. The maximum absolute atomic E-state index is 10.3. The van der Waals surface area contributed by atoms with Crippen molar-refractivity contribution >= 4 is 15.9 Å². The first kappa shape index (κ1) is 7.89. The van der Waals surface area contributed by atoms with E-state index in [4.69, 9.17) is 5.73 Å². The second kappa shape index (κ2) is 2.44. The number of hydrogen-bond acceptors (Lipinski definition) is 6. The van der Waals surface area contributed by atoms with Gasteiger partial charge in [0.2, 0.25) is 0 Å². The lowest BCUT2D eigenvalue weighted by Crippen LogP contribution is -2.05. The molecule has 1 heterocycles. The van der Waals surface area contributed by atoms with Crippen molar-refractivity contribution in [3.63, 3.8) is 0 Å². The van der Waals surface area contributed by atoms with Crippen LogP contribution in [0.15, 0.2) is 17.4 Å². The van der Waals surface area contributed by atoms with Crippen LogP contribution in [0.25, 0.3) is 0 Å². The van der Waals surface area contributed by atoms with Gasteiger partial charge in [-0.1, -0.05) is 0 Å². The van der Waals surface area contributed by atoms with Gasteiger partial charge in [0.15, 0.2) is 0 Å². The van der Waals surface area contributed by atoms with Gasteiger partial charge in [-0.15, -0.1) is 0 Å². The molecule has 0 aliphatic carbocycles. The van der Waals surface area contributed by atoms with E-state index in [2.05, 4.69) is 9.97 Å². The van der Waals surface area contributed by atoms with Crippen molar-refractivity contribution in [2.45, 2.75) is 4.90 Å². The number of nitrogens with two attached hydrogens (primary N) is 1. The van der Waals surface area contributed by atoms with E-state index in [1.54, 1.807) is 0 Å². The third-order valence-corrected chi connectivity index (χ3v) is 1.83. The summed E-state index contributed by atoms with van der Waals surface area (Å²) in [4.78, 5) is 6.09. The van der Waals surface area contributed by atoms with Crippen LogP contribution in [-0.4, -0.2) is 22.9 Å². The fraction of sp³-hybridized carbons (Fsp3) is 0. The summed E-state index contributed by atoms with van der Waals surface area (Å²) < 4.78 is 31.0. The Hall–Kier alpha value is -1.21. The lowest BCUT2D eigenvalue weighted by Gasteiger charge is -2.06. The second-order valence-corrected chi connectivity index (χ2v) is 3.07. The van der Waals surface area contributed by atoms with E-state index >= 15 is 0 Å². The Kier molecular flexibility index (Phi) is 1.75. The fourth-order valence-corrected chi connectivity index (χ4v) is 1.02. The van der Waals surface area contributed by atoms with Crippen LogP contribution in [0.3, 0.4) is 0 Å². The molecular weight excluding hydrogens is 170 g/mol. The minimum Gasteiger partial charge on any atom is -0.744 e. The molecule has 60 valence electrons. The van der Waals surface area contributed by atoms with Gasteiger partial charge in [-0.2, -0.15) is 0 Å². The zero-order chi connectivity index (χ0) is 8.48. The quantitative estimate of drug-likeness (QED) is 0.545. The molecule has 1 aromatic heterocycles. The molecule has 7 heteroatoms. The molecule has 0 bridgehead atoms. The van der Waals surface area contributed by atoms with E-state index in [-0.39, 0.29) is 5.82 Å². The fourth-order valence-electron chi connectivity index (χ4n) is 0.519. The molecule has 0 amide bonds. The summed E-state index contributed by atoms with van der Waals surface area (Å²) >= 11 is 0. The van der Waals surface area contributed by atoms with Crippen molar-refractivity contribution in [3.05, 3.63) is 12.5 Å². The third-order valence-electron chi connectivity index (χ3n) is 0.977. The minimum atomic E-state index is -4.53. The first-order chi connectivity index (χ1) is 5.02. The molecule has 0 saturated heterocycles. The molecule has 6 nitrogen and oxygen atoms in total. The highest BCUT2D eigenvalue weighted by Gasteiger charge is 2.05. The molecule has 0 saturated carbocycles. The zero-order valence-electron chi connectivity index (χ0n) is 5.26. The van der Waals surface area contributed by atoms with Crippen LogP contribution >= 0.6 is 0 Å². The highest BCUT2D eigenvalue weighted by molar-refractivity contribution is 7.85. The SMILES string of the molecule is Nc1ncncc1S(=O)(=O)[O-]. The van der Waals surface area contributed by atoms with E-state index in [0.29, 0.717) is 0 Å². The summed E-state index contributed by atoms with van der Waals surface area (Å²) in [5, 5.41) is 0. The summed E-state index contributed by atoms with van der Waals surface area (Å²) in [5.41, 5.74) is 5.08. The predicted molar refractivity (Wildman–Crippen MR) is 34.4 cm³/mol. The summed E-state index contributed by atoms with van der Waals surface area (Å²) in [7, 11) is -4.53. The number of rotatable bonds is 1. The average molecular weight is 174 g/mol. The smallest absolute Gasteiger partial charge is 0.144 e. The van der Waals surface area contributed by atoms with Crippen molar-refractivity contribution < 1.29 is 13.0 Å². The maximum atomic E-state index is 10.3. The van der Waals surface area contributed by atoms with Gasteiger partial charge in [-0.3, -0.25) is 0 Å². The monoisotopic (exact) mass is 174 g/mol. The first-order valence-corrected chi connectivity index (χ1v) is 3.94. The Bertz CT molecular complexity index is 361. The summed E-state index contributed by atoms with van der Waals surface area (Å²) in [6.45, 7) is 0. The van der Waals surface area contributed by atoms with E-state index in [1.165, 1.54) is 0 Å². The Balaban J connectivity index is 3.37. The standard InChI is InChI=1S/C4H5N3O3S/c5-4-3(11(8,9)10)1-6-2-7-4/h1-2H,(H2,5,6,7)(H,8,9,10)/p-1. The van der Waals surface area contributed by atoms with Crippen molar-refractivity contribution in [2.75, 3.05) is 5.73 Å². The molecule has 0 aliphatic heterocycles. The lowest BCUT2D eigenvalue weighted by atomic mass is 10.6. The number of aromatic nitrogens is 2. The second-order valence-electron chi connectivity index (χ2n) is 1.73. The molecule has 0 spiro atoms. The van der Waals surface area contributed by atoms with Gasteiger partial charge in [-0.25, -0.2) is 18.4 Å². The molecule has 0 fully saturated rings. The molecule has 11 heavy (non-hydrogen) atoms. The molecule has 0 atom stereocenters. The van der Waals surface area contributed by atoms with Gasteiger partial charge < -0.3 is 10.3 Å². The van der Waals surface area contributed by atoms with Crippen molar-refractivity contribution in [2.24, 2.45) is 0 Å². The van der Waals surface area contributed by atoms with E-state index < -0.39 is 15.0 Å². The number of hydrogen-bond donors (Lipinski definition) is 1. The summed E-state index contributed by atoms with van der Waals surface area (Å²) in [5.74, 6) is -0.324. The molecular formula is C4H4N3O3S-. The lowest BCUT2D eigenvalue weighted by molar-refractivity contribution is 0.463. The van der Waals surface area contributed by atoms with Crippen LogP contribution in [0.1, 0.15) is 0 Å². The molecule has 0 aromatic carbocycles. The van der Waals surface area contributed by atoms with E-state index in [1.807, 2.05) is 0 Å². The van der Waals surface area contributed by atoms with Crippen LogP contribution in [0.5, 0.6) is 0 Å². The van der Waals surface area contributed by atoms with Gasteiger partial charge in [-0.05, 0) is 0 Å². The number of nitrogen functional groups attached to an aromatic ring is 1. The number of nitrogens with zero attached hydrogens (tertiary/aromatic N) is 2. The predicted octanol–water partition coefficient (Wildman–Crippen LogP) is -1.04. The van der Waals surface area contributed by atoms with Crippen LogP contribution in [0, 0.1) is 0 Å². The van der Waals surface area contributed by atoms with E-state index in [9.17, 15) is 13.0 Å². The highest BCUT2D eigenvalue weighted by Crippen LogP contribution is 2.11. The summed E-state index contributed by atoms with van der Waals surface area (Å²) in [6, 6.07) is 0. The van der Waals surface area contributed by atoms with Crippen LogP contribution in [0.2, 0.25) is 0 Å². The van der Waals surface area contributed by atoms with Crippen LogP contribution in [0.4, 0.5) is 5.82 Å². The van der Waals surface area contributed by atoms with Crippen molar-refractivity contribution in [1.82, 2.24) is 9.97 Å². The van der Waals surface area contributed by atoms with Gasteiger partial charge in [0.25, 0.3) is 0 Å². The van der Waals surface area contributed by atoms with Crippen molar-refractivity contribution in [1.29, 1.82) is 0 Å². The Morgan fingerprint density at radius 2 is 2.18 bits per heavy atom. The topological polar surface area (TPSA) is 109 Å². The summed E-state index contributed by atoms with van der Waals surface area (Å²) in [6.07, 6.45) is 1.93. The largest absolute Gasteiger partial charge is 0.744 e. The molecule has 1 aromatic rings. The Morgan fingerprint density at radius 3 is 2.55 bits per heavy atom. The zero-order valence-corrected chi connectivity index (χ0v) is 6.08. The molecule has 0 aliphatic rings. The first-order valence-electron chi connectivity index (χ1n) is 2.53. The maximum Gasteiger partial charge on any atom is 0.144 e. The Labute approximate surface area is 62.8 Å². The van der Waals surface area contributed by atoms with Crippen molar-refractivity contribution in [3.8, 4) is 0 Å². The molecule has 1 rings (SSSR count).